The van der Waals surface area contributed by atoms with E-state index in [4.69, 9.17) is 23.4 Å². The molecule has 1 saturated heterocycles. The standard InChI is InChI=1S/C25H30O9/c1-13-7-21(33-16(4)28)23-18(12-31-14(2)26)8-19(32-15(3)27)9-20(23)25(13)10-22(34-24(25)29)17-5-6-30-11-17/h5-6,11,13,19-22H,7-10,12H2,1-4H3/t13-,19+,20+,21?,22+,25-/m1/s1. The van der Waals surface area contributed by atoms with E-state index in [0.29, 0.717) is 25.7 Å². The molecule has 1 saturated carbocycles. The zero-order valence-electron chi connectivity index (χ0n) is 19.8. The Balaban J connectivity index is 1.80. The molecule has 0 aromatic carbocycles. The summed E-state index contributed by atoms with van der Waals surface area (Å²) in [6, 6.07) is 1.78. The lowest BCUT2D eigenvalue weighted by molar-refractivity contribution is -0.162. The van der Waals surface area contributed by atoms with E-state index >= 15 is 0 Å². The van der Waals surface area contributed by atoms with Gasteiger partial charge in [0, 0.05) is 45.1 Å². The maximum atomic E-state index is 13.6. The predicted octanol–water partition coefficient (Wildman–Crippen LogP) is 3.43. The SMILES string of the molecule is CC(=O)OCC1=C2C(OC(C)=O)C[C@@H](C)[C@]3(C[C@@H](c4ccoc4)OC3=O)[C@H]2C[C@@H](OC(C)=O)C1. The molecule has 1 spiro atoms. The maximum absolute atomic E-state index is 13.6. The Morgan fingerprint density at radius 1 is 1.09 bits per heavy atom. The van der Waals surface area contributed by atoms with Gasteiger partial charge in [-0.1, -0.05) is 6.92 Å². The summed E-state index contributed by atoms with van der Waals surface area (Å²) in [5, 5.41) is 0. The quantitative estimate of drug-likeness (QED) is 0.359. The topological polar surface area (TPSA) is 118 Å². The van der Waals surface area contributed by atoms with Crippen LogP contribution in [-0.4, -0.2) is 42.7 Å². The minimum Gasteiger partial charge on any atom is -0.472 e. The summed E-state index contributed by atoms with van der Waals surface area (Å²) in [5.74, 6) is -2.24. The zero-order valence-corrected chi connectivity index (χ0v) is 19.8. The molecule has 6 atom stereocenters. The number of hydrogen-bond donors (Lipinski definition) is 0. The summed E-state index contributed by atoms with van der Waals surface area (Å²) >= 11 is 0. The summed E-state index contributed by atoms with van der Waals surface area (Å²) in [6.45, 7) is 5.94. The van der Waals surface area contributed by atoms with Gasteiger partial charge in [0.15, 0.2) is 0 Å². The molecule has 2 heterocycles. The first-order valence-electron chi connectivity index (χ1n) is 11.5. The molecule has 2 aliphatic carbocycles. The average molecular weight is 475 g/mol. The first kappa shape index (κ1) is 24.0. The number of ether oxygens (including phenoxy) is 4. The molecule has 1 aliphatic heterocycles. The minimum atomic E-state index is -0.909. The van der Waals surface area contributed by atoms with E-state index in [1.54, 1.807) is 12.3 Å². The van der Waals surface area contributed by atoms with Crippen molar-refractivity contribution in [3.8, 4) is 0 Å². The van der Waals surface area contributed by atoms with Crippen molar-refractivity contribution >= 4 is 23.9 Å². The van der Waals surface area contributed by atoms with Crippen LogP contribution >= 0.6 is 0 Å². The third-order valence-electron chi connectivity index (χ3n) is 7.33. The van der Waals surface area contributed by atoms with E-state index < -0.39 is 47.6 Å². The minimum absolute atomic E-state index is 0.0264. The van der Waals surface area contributed by atoms with Crippen LogP contribution in [0.1, 0.15) is 65.0 Å². The molecule has 0 N–H and O–H groups in total. The Labute approximate surface area is 197 Å². The van der Waals surface area contributed by atoms with E-state index in [2.05, 4.69) is 0 Å². The molecule has 9 heteroatoms. The van der Waals surface area contributed by atoms with Crippen LogP contribution in [0.4, 0.5) is 0 Å². The molecule has 2 fully saturated rings. The number of cyclic esters (lactones) is 1. The molecule has 184 valence electrons. The molecule has 34 heavy (non-hydrogen) atoms. The highest BCUT2D eigenvalue weighted by atomic mass is 16.6. The van der Waals surface area contributed by atoms with Crippen molar-refractivity contribution in [1.82, 2.24) is 0 Å². The fourth-order valence-corrected chi connectivity index (χ4v) is 6.02. The van der Waals surface area contributed by atoms with Crippen molar-refractivity contribution in [1.29, 1.82) is 0 Å². The van der Waals surface area contributed by atoms with Gasteiger partial charge < -0.3 is 23.4 Å². The van der Waals surface area contributed by atoms with Gasteiger partial charge in [-0.15, -0.1) is 0 Å². The lowest BCUT2D eigenvalue weighted by Crippen LogP contribution is -2.53. The van der Waals surface area contributed by atoms with Crippen molar-refractivity contribution in [2.45, 2.75) is 71.7 Å². The Hall–Kier alpha value is -3.10. The van der Waals surface area contributed by atoms with Gasteiger partial charge in [0.2, 0.25) is 0 Å². The molecule has 0 bridgehead atoms. The summed E-state index contributed by atoms with van der Waals surface area (Å²) in [6.07, 6.45) is 3.14. The Morgan fingerprint density at radius 2 is 1.82 bits per heavy atom. The molecule has 4 rings (SSSR count). The fraction of sp³-hybridized carbons (Fsp3) is 0.600. The molecular formula is C25H30O9. The van der Waals surface area contributed by atoms with Gasteiger partial charge in [-0.25, -0.2) is 0 Å². The van der Waals surface area contributed by atoms with E-state index in [0.717, 1.165) is 16.7 Å². The largest absolute Gasteiger partial charge is 0.472 e. The lowest BCUT2D eigenvalue weighted by Gasteiger charge is -2.51. The van der Waals surface area contributed by atoms with Crippen LogP contribution in [0.5, 0.6) is 0 Å². The molecule has 1 unspecified atom stereocenters. The van der Waals surface area contributed by atoms with Crippen LogP contribution in [0.15, 0.2) is 34.2 Å². The second-order valence-electron chi connectivity index (χ2n) is 9.49. The molecule has 9 nitrogen and oxygen atoms in total. The van der Waals surface area contributed by atoms with E-state index in [1.807, 2.05) is 6.92 Å². The van der Waals surface area contributed by atoms with Crippen LogP contribution in [0.2, 0.25) is 0 Å². The second-order valence-corrected chi connectivity index (χ2v) is 9.49. The third-order valence-corrected chi connectivity index (χ3v) is 7.33. The van der Waals surface area contributed by atoms with Gasteiger partial charge in [0.1, 0.15) is 24.9 Å². The maximum Gasteiger partial charge on any atom is 0.313 e. The van der Waals surface area contributed by atoms with Crippen molar-refractivity contribution in [3.63, 3.8) is 0 Å². The van der Waals surface area contributed by atoms with Crippen LogP contribution in [0.3, 0.4) is 0 Å². The summed E-state index contributed by atoms with van der Waals surface area (Å²) in [4.78, 5) is 48.9. The number of fused-ring (bicyclic) bond motifs is 2. The first-order chi connectivity index (χ1) is 16.1. The predicted molar refractivity (Wildman–Crippen MR) is 116 cm³/mol. The zero-order chi connectivity index (χ0) is 24.6. The van der Waals surface area contributed by atoms with Crippen LogP contribution in [-0.2, 0) is 38.1 Å². The first-order valence-corrected chi connectivity index (χ1v) is 11.5. The number of carbonyl (C=O) groups excluding carboxylic acids is 4. The number of esters is 4. The van der Waals surface area contributed by atoms with Crippen molar-refractivity contribution < 1.29 is 42.5 Å². The highest BCUT2D eigenvalue weighted by molar-refractivity contribution is 5.81. The van der Waals surface area contributed by atoms with E-state index in [1.165, 1.54) is 27.0 Å². The van der Waals surface area contributed by atoms with Crippen LogP contribution in [0.25, 0.3) is 0 Å². The van der Waals surface area contributed by atoms with Gasteiger partial charge in [0.25, 0.3) is 0 Å². The van der Waals surface area contributed by atoms with Crippen LogP contribution < -0.4 is 0 Å². The van der Waals surface area contributed by atoms with Gasteiger partial charge in [-0.05, 0) is 36.0 Å². The number of furan rings is 1. The molecule has 0 amide bonds. The van der Waals surface area contributed by atoms with Gasteiger partial charge in [-0.3, -0.25) is 19.2 Å². The molecule has 1 aromatic heterocycles. The van der Waals surface area contributed by atoms with Gasteiger partial charge >= 0.3 is 23.9 Å². The molecule has 3 aliphatic rings. The third kappa shape index (κ3) is 4.35. The summed E-state index contributed by atoms with van der Waals surface area (Å²) in [5.41, 5.74) is 1.36. The van der Waals surface area contributed by atoms with Crippen molar-refractivity contribution in [2.75, 3.05) is 6.61 Å². The number of hydrogen-bond acceptors (Lipinski definition) is 9. The lowest BCUT2D eigenvalue weighted by atomic mass is 9.53. The van der Waals surface area contributed by atoms with Gasteiger partial charge in [-0.2, -0.15) is 0 Å². The summed E-state index contributed by atoms with van der Waals surface area (Å²) < 4.78 is 27.7. The number of carbonyl (C=O) groups is 4. The highest BCUT2D eigenvalue weighted by Crippen LogP contribution is 2.61. The van der Waals surface area contributed by atoms with Crippen molar-refractivity contribution in [2.24, 2.45) is 17.3 Å². The molecular weight excluding hydrogens is 444 g/mol. The summed E-state index contributed by atoms with van der Waals surface area (Å²) in [7, 11) is 0. The van der Waals surface area contributed by atoms with Crippen molar-refractivity contribution in [3.05, 3.63) is 35.3 Å². The fourth-order valence-electron chi connectivity index (χ4n) is 6.02. The van der Waals surface area contributed by atoms with E-state index in [9.17, 15) is 19.2 Å². The molecule has 1 aromatic rings. The smallest absolute Gasteiger partial charge is 0.313 e. The van der Waals surface area contributed by atoms with E-state index in [-0.39, 0.29) is 18.5 Å². The number of rotatable bonds is 5. The second kappa shape index (κ2) is 9.27. The molecule has 0 radical (unpaired) electrons. The Morgan fingerprint density at radius 3 is 2.44 bits per heavy atom. The van der Waals surface area contributed by atoms with Crippen LogP contribution in [0, 0.1) is 17.3 Å². The average Bonchev–Trinajstić information content (AvgIpc) is 3.38. The highest BCUT2D eigenvalue weighted by Gasteiger charge is 2.63. The monoisotopic (exact) mass is 474 g/mol. The normalized spacial score (nSPS) is 32.7. The Bertz CT molecular complexity index is 1010. The Kier molecular flexibility index (Phi) is 6.55. The van der Waals surface area contributed by atoms with Gasteiger partial charge in [0.05, 0.1) is 17.9 Å².